The zero-order chi connectivity index (χ0) is 12.1. The summed E-state index contributed by atoms with van der Waals surface area (Å²) in [4.78, 5) is 0. The van der Waals surface area contributed by atoms with Gasteiger partial charge >= 0.3 is 0 Å². The molecule has 0 spiro atoms. The molecule has 0 heterocycles. The van der Waals surface area contributed by atoms with Crippen molar-refractivity contribution in [1.82, 2.24) is 0 Å². The Hall–Kier alpha value is -0.530. The van der Waals surface area contributed by atoms with Crippen LogP contribution in [0.1, 0.15) is 50.3 Å². The normalized spacial score (nSPS) is 13.1. The first-order chi connectivity index (χ1) is 7.58. The van der Waals surface area contributed by atoms with Crippen molar-refractivity contribution < 1.29 is 0 Å². The van der Waals surface area contributed by atoms with Crippen LogP contribution in [0.2, 0.25) is 5.02 Å². The van der Waals surface area contributed by atoms with E-state index in [-0.39, 0.29) is 6.04 Å². The van der Waals surface area contributed by atoms with Gasteiger partial charge in [0.15, 0.2) is 0 Å². The van der Waals surface area contributed by atoms with Crippen LogP contribution in [0, 0.1) is 12.8 Å². The minimum atomic E-state index is 0.0676. The highest BCUT2D eigenvalue weighted by Crippen LogP contribution is 2.28. The first kappa shape index (κ1) is 13.5. The molecule has 0 aromatic heterocycles. The van der Waals surface area contributed by atoms with E-state index in [1.54, 1.807) is 0 Å². The molecule has 2 heteroatoms. The lowest BCUT2D eigenvalue weighted by atomic mass is 9.91. The van der Waals surface area contributed by atoms with Crippen molar-refractivity contribution in [1.29, 1.82) is 0 Å². The zero-order valence-electron chi connectivity index (χ0n) is 10.5. The molecule has 1 aromatic carbocycles. The van der Waals surface area contributed by atoms with Crippen LogP contribution >= 0.6 is 11.6 Å². The Morgan fingerprint density at radius 3 is 2.38 bits per heavy atom. The second-order valence-electron chi connectivity index (χ2n) is 4.55. The van der Waals surface area contributed by atoms with Gasteiger partial charge < -0.3 is 5.73 Å². The highest BCUT2D eigenvalue weighted by Gasteiger charge is 2.14. The fraction of sp³-hybridized carbons (Fsp3) is 0.571. The highest BCUT2D eigenvalue weighted by molar-refractivity contribution is 6.31. The number of halogens is 1. The molecule has 1 atom stereocenters. The monoisotopic (exact) mass is 239 g/mol. The predicted octanol–water partition coefficient (Wildman–Crippen LogP) is 4.47. The van der Waals surface area contributed by atoms with Crippen LogP contribution in [0.4, 0.5) is 0 Å². The Balaban J connectivity index is 2.76. The third kappa shape index (κ3) is 3.50. The summed E-state index contributed by atoms with van der Waals surface area (Å²) >= 11 is 6.21. The molecule has 0 radical (unpaired) electrons. The quantitative estimate of drug-likeness (QED) is 0.806. The van der Waals surface area contributed by atoms with Gasteiger partial charge in [0.1, 0.15) is 0 Å². The Kier molecular flexibility index (Phi) is 5.30. The summed E-state index contributed by atoms with van der Waals surface area (Å²) in [5, 5.41) is 0.804. The highest BCUT2D eigenvalue weighted by atomic mass is 35.5. The maximum absolute atomic E-state index is 6.21. The lowest BCUT2D eigenvalue weighted by Crippen LogP contribution is -2.15. The van der Waals surface area contributed by atoms with Gasteiger partial charge in [-0.25, -0.2) is 0 Å². The molecule has 0 saturated heterocycles. The Bertz CT molecular complexity index is 332. The summed E-state index contributed by atoms with van der Waals surface area (Å²) in [7, 11) is 0. The van der Waals surface area contributed by atoms with Crippen molar-refractivity contribution in [2.45, 2.75) is 46.1 Å². The Labute approximate surface area is 104 Å². The van der Waals surface area contributed by atoms with Crippen molar-refractivity contribution in [2.24, 2.45) is 11.7 Å². The SMILES string of the molecule is CCC(CC)CC(N)c1ccc(C)cc1Cl. The largest absolute Gasteiger partial charge is 0.324 e. The molecule has 1 nitrogen and oxygen atoms in total. The van der Waals surface area contributed by atoms with Gasteiger partial charge in [-0.1, -0.05) is 50.4 Å². The molecule has 0 amide bonds. The van der Waals surface area contributed by atoms with Crippen LogP contribution in [0.15, 0.2) is 18.2 Å². The van der Waals surface area contributed by atoms with E-state index in [0.717, 1.165) is 17.0 Å². The molecule has 16 heavy (non-hydrogen) atoms. The predicted molar refractivity (Wildman–Crippen MR) is 71.8 cm³/mol. The summed E-state index contributed by atoms with van der Waals surface area (Å²) in [6, 6.07) is 6.19. The molecule has 2 N–H and O–H groups in total. The number of rotatable bonds is 5. The van der Waals surface area contributed by atoms with Gasteiger partial charge in [-0.05, 0) is 36.5 Å². The zero-order valence-corrected chi connectivity index (χ0v) is 11.2. The average molecular weight is 240 g/mol. The molecule has 1 unspecified atom stereocenters. The Morgan fingerprint density at radius 1 is 1.25 bits per heavy atom. The Morgan fingerprint density at radius 2 is 1.88 bits per heavy atom. The topological polar surface area (TPSA) is 26.0 Å². The second-order valence-corrected chi connectivity index (χ2v) is 4.96. The van der Waals surface area contributed by atoms with Crippen LogP contribution in [0.5, 0.6) is 0 Å². The van der Waals surface area contributed by atoms with Crippen LogP contribution < -0.4 is 5.73 Å². The maximum atomic E-state index is 6.21. The molecule has 0 fully saturated rings. The second kappa shape index (κ2) is 6.27. The molecular formula is C14H22ClN. The molecule has 90 valence electrons. The number of hydrogen-bond acceptors (Lipinski definition) is 1. The third-order valence-corrected chi connectivity index (χ3v) is 3.62. The standard InChI is InChI=1S/C14H22ClN/c1-4-11(5-2)9-14(16)12-7-6-10(3)8-13(12)15/h6-8,11,14H,4-5,9,16H2,1-3H3. The van der Waals surface area contributed by atoms with Crippen molar-refractivity contribution in [2.75, 3.05) is 0 Å². The summed E-state index contributed by atoms with van der Waals surface area (Å²) in [5.41, 5.74) is 8.48. The van der Waals surface area contributed by atoms with Gasteiger partial charge in [0.05, 0.1) is 0 Å². The van der Waals surface area contributed by atoms with E-state index in [0.29, 0.717) is 5.92 Å². The van der Waals surface area contributed by atoms with E-state index in [1.807, 2.05) is 13.0 Å². The molecule has 1 aromatic rings. The lowest BCUT2D eigenvalue weighted by molar-refractivity contribution is 0.414. The van der Waals surface area contributed by atoms with Crippen LogP contribution in [-0.2, 0) is 0 Å². The summed E-state index contributed by atoms with van der Waals surface area (Å²) in [6.45, 7) is 6.48. The average Bonchev–Trinajstić information content (AvgIpc) is 2.25. The van der Waals surface area contributed by atoms with Gasteiger partial charge in [-0.15, -0.1) is 0 Å². The van der Waals surface area contributed by atoms with E-state index in [4.69, 9.17) is 17.3 Å². The molecule has 1 rings (SSSR count). The number of aryl methyl sites for hydroxylation is 1. The first-order valence-electron chi connectivity index (χ1n) is 6.10. The van der Waals surface area contributed by atoms with Crippen LogP contribution in [0.25, 0.3) is 0 Å². The molecule has 0 aliphatic carbocycles. The molecule has 0 aliphatic heterocycles. The van der Waals surface area contributed by atoms with Gasteiger partial charge in [0.2, 0.25) is 0 Å². The minimum Gasteiger partial charge on any atom is -0.324 e. The summed E-state index contributed by atoms with van der Waals surface area (Å²) in [5.74, 6) is 0.701. The third-order valence-electron chi connectivity index (χ3n) is 3.30. The van der Waals surface area contributed by atoms with Gasteiger partial charge in [0.25, 0.3) is 0 Å². The van der Waals surface area contributed by atoms with Crippen LogP contribution in [-0.4, -0.2) is 0 Å². The molecular weight excluding hydrogens is 218 g/mol. The van der Waals surface area contributed by atoms with E-state index in [9.17, 15) is 0 Å². The van der Waals surface area contributed by atoms with Crippen molar-refractivity contribution in [3.05, 3.63) is 34.3 Å². The van der Waals surface area contributed by atoms with E-state index in [2.05, 4.69) is 26.0 Å². The van der Waals surface area contributed by atoms with Crippen molar-refractivity contribution in [3.8, 4) is 0 Å². The van der Waals surface area contributed by atoms with E-state index < -0.39 is 0 Å². The fourth-order valence-electron chi connectivity index (χ4n) is 2.04. The fourth-order valence-corrected chi connectivity index (χ4v) is 2.42. The van der Waals surface area contributed by atoms with Gasteiger partial charge in [0, 0.05) is 11.1 Å². The van der Waals surface area contributed by atoms with Crippen molar-refractivity contribution >= 4 is 11.6 Å². The van der Waals surface area contributed by atoms with Crippen LogP contribution in [0.3, 0.4) is 0 Å². The molecule has 0 aliphatic rings. The van der Waals surface area contributed by atoms with Gasteiger partial charge in [-0.2, -0.15) is 0 Å². The van der Waals surface area contributed by atoms with E-state index >= 15 is 0 Å². The summed E-state index contributed by atoms with van der Waals surface area (Å²) in [6.07, 6.45) is 3.40. The number of benzene rings is 1. The lowest BCUT2D eigenvalue weighted by Gasteiger charge is -2.19. The number of nitrogens with two attached hydrogens (primary N) is 1. The maximum Gasteiger partial charge on any atom is 0.0456 e. The summed E-state index contributed by atoms with van der Waals surface area (Å²) < 4.78 is 0. The molecule has 0 bridgehead atoms. The number of hydrogen-bond donors (Lipinski definition) is 1. The van der Waals surface area contributed by atoms with Crippen molar-refractivity contribution in [3.63, 3.8) is 0 Å². The first-order valence-corrected chi connectivity index (χ1v) is 6.47. The van der Waals surface area contributed by atoms with E-state index in [1.165, 1.54) is 18.4 Å². The minimum absolute atomic E-state index is 0.0676. The van der Waals surface area contributed by atoms with Gasteiger partial charge in [-0.3, -0.25) is 0 Å². The molecule has 0 saturated carbocycles. The smallest absolute Gasteiger partial charge is 0.0456 e.